The Morgan fingerprint density at radius 2 is 2.24 bits per heavy atom. The number of hydrogen-bond acceptors (Lipinski definition) is 3. The van der Waals surface area contributed by atoms with Crippen molar-refractivity contribution in [3.63, 3.8) is 0 Å². The molecule has 1 aromatic carbocycles. The smallest absolute Gasteiger partial charge is 0.203 e. The van der Waals surface area contributed by atoms with Crippen LogP contribution in [0.5, 0.6) is 0 Å². The second-order valence-electron chi connectivity index (χ2n) is 4.53. The number of nitrogens with two attached hydrogens (primary N) is 1. The molecule has 0 aliphatic carbocycles. The zero-order valence-electron chi connectivity index (χ0n) is 9.85. The average molecular weight is 228 g/mol. The molecule has 1 aliphatic rings. The first-order chi connectivity index (χ1) is 8.25. The fourth-order valence-corrected chi connectivity index (χ4v) is 2.30. The molecular formula is C13H16N4. The van der Waals surface area contributed by atoms with Crippen LogP contribution in [0.2, 0.25) is 0 Å². The fraction of sp³-hybridized carbons (Fsp3) is 0.308. The van der Waals surface area contributed by atoms with Gasteiger partial charge < -0.3 is 15.6 Å². The first-order valence-corrected chi connectivity index (χ1v) is 5.86. The van der Waals surface area contributed by atoms with Crippen LogP contribution in [0.15, 0.2) is 30.5 Å². The number of rotatable bonds is 1. The van der Waals surface area contributed by atoms with Crippen molar-refractivity contribution in [2.45, 2.75) is 19.5 Å². The molecule has 88 valence electrons. The number of benzene rings is 1. The largest absolute Gasteiger partial charge is 0.354 e. The second-order valence-corrected chi connectivity index (χ2v) is 4.53. The van der Waals surface area contributed by atoms with Gasteiger partial charge in [0.1, 0.15) is 0 Å². The topological polar surface area (TPSA) is 55.9 Å². The van der Waals surface area contributed by atoms with Crippen molar-refractivity contribution in [1.29, 1.82) is 0 Å². The molecule has 3 rings (SSSR count). The fourth-order valence-electron chi connectivity index (χ4n) is 2.30. The Morgan fingerprint density at radius 1 is 1.41 bits per heavy atom. The summed E-state index contributed by atoms with van der Waals surface area (Å²) in [5.41, 5.74) is 9.61. The minimum Gasteiger partial charge on any atom is -0.354 e. The molecular weight excluding hydrogens is 212 g/mol. The van der Waals surface area contributed by atoms with Crippen LogP contribution in [0.4, 0.5) is 5.95 Å². The van der Waals surface area contributed by atoms with Crippen LogP contribution in [0, 0.1) is 6.92 Å². The minimum absolute atomic E-state index is 0.152. The Morgan fingerprint density at radius 3 is 3.06 bits per heavy atom. The molecule has 0 spiro atoms. The van der Waals surface area contributed by atoms with E-state index in [2.05, 4.69) is 46.1 Å². The highest BCUT2D eigenvalue weighted by molar-refractivity contribution is 5.65. The normalized spacial score (nSPS) is 18.6. The third-order valence-electron chi connectivity index (χ3n) is 3.22. The maximum absolute atomic E-state index is 5.98. The summed E-state index contributed by atoms with van der Waals surface area (Å²) >= 11 is 0. The molecule has 1 unspecified atom stereocenters. The SMILES string of the molecule is Cc1ccccc1-c1cnc2n1CC(N)CN2. The summed E-state index contributed by atoms with van der Waals surface area (Å²) in [5.74, 6) is 0.921. The van der Waals surface area contributed by atoms with Crippen molar-refractivity contribution < 1.29 is 0 Å². The number of imidazole rings is 1. The minimum atomic E-state index is 0.152. The highest BCUT2D eigenvalue weighted by atomic mass is 15.2. The molecule has 1 aromatic heterocycles. The highest BCUT2D eigenvalue weighted by Crippen LogP contribution is 2.27. The van der Waals surface area contributed by atoms with Crippen molar-refractivity contribution in [2.24, 2.45) is 5.73 Å². The lowest BCUT2D eigenvalue weighted by molar-refractivity contribution is 0.546. The van der Waals surface area contributed by atoms with Gasteiger partial charge in [-0.1, -0.05) is 24.3 Å². The van der Waals surface area contributed by atoms with Gasteiger partial charge in [-0.2, -0.15) is 0 Å². The maximum atomic E-state index is 5.98. The zero-order chi connectivity index (χ0) is 11.8. The molecule has 0 saturated heterocycles. The molecule has 0 radical (unpaired) electrons. The van der Waals surface area contributed by atoms with Crippen molar-refractivity contribution >= 4 is 5.95 Å². The predicted molar refractivity (Wildman–Crippen MR) is 68.9 cm³/mol. The molecule has 0 fully saturated rings. The summed E-state index contributed by atoms with van der Waals surface area (Å²) in [6.07, 6.45) is 1.92. The molecule has 3 N–H and O–H groups in total. The van der Waals surface area contributed by atoms with Crippen LogP contribution >= 0.6 is 0 Å². The van der Waals surface area contributed by atoms with Gasteiger partial charge in [0.15, 0.2) is 0 Å². The van der Waals surface area contributed by atoms with Gasteiger partial charge in [0, 0.05) is 24.7 Å². The third kappa shape index (κ3) is 1.70. The van der Waals surface area contributed by atoms with Crippen LogP contribution in [0.1, 0.15) is 5.56 Å². The lowest BCUT2D eigenvalue weighted by atomic mass is 10.1. The van der Waals surface area contributed by atoms with E-state index in [0.29, 0.717) is 0 Å². The number of aryl methyl sites for hydroxylation is 1. The van der Waals surface area contributed by atoms with Crippen molar-refractivity contribution in [2.75, 3.05) is 11.9 Å². The molecule has 1 aliphatic heterocycles. The van der Waals surface area contributed by atoms with Gasteiger partial charge in [0.25, 0.3) is 0 Å². The van der Waals surface area contributed by atoms with Gasteiger partial charge >= 0.3 is 0 Å². The van der Waals surface area contributed by atoms with Crippen LogP contribution < -0.4 is 11.1 Å². The molecule has 0 bridgehead atoms. The van der Waals surface area contributed by atoms with Crippen LogP contribution in [0.3, 0.4) is 0 Å². The van der Waals surface area contributed by atoms with Gasteiger partial charge in [-0.25, -0.2) is 4.98 Å². The van der Waals surface area contributed by atoms with Gasteiger partial charge in [-0.15, -0.1) is 0 Å². The summed E-state index contributed by atoms with van der Waals surface area (Å²) in [6.45, 7) is 3.74. The van der Waals surface area contributed by atoms with E-state index in [1.165, 1.54) is 11.1 Å². The Balaban J connectivity index is 2.11. The van der Waals surface area contributed by atoms with E-state index < -0.39 is 0 Å². The average Bonchev–Trinajstić information content (AvgIpc) is 2.72. The summed E-state index contributed by atoms with van der Waals surface area (Å²) in [4.78, 5) is 4.40. The zero-order valence-corrected chi connectivity index (χ0v) is 9.85. The summed E-state index contributed by atoms with van der Waals surface area (Å²) in [5, 5.41) is 3.25. The molecule has 1 atom stereocenters. The number of aromatic nitrogens is 2. The van der Waals surface area contributed by atoms with Gasteiger partial charge in [0.05, 0.1) is 11.9 Å². The molecule has 2 aromatic rings. The first kappa shape index (κ1) is 10.4. The third-order valence-corrected chi connectivity index (χ3v) is 3.22. The Bertz CT molecular complexity index is 544. The second kappa shape index (κ2) is 3.89. The number of hydrogen-bond donors (Lipinski definition) is 2. The molecule has 0 saturated carbocycles. The van der Waals surface area contributed by atoms with Gasteiger partial charge in [0.2, 0.25) is 5.95 Å². The molecule has 0 amide bonds. The lowest BCUT2D eigenvalue weighted by Crippen LogP contribution is -2.38. The van der Waals surface area contributed by atoms with E-state index in [1.807, 2.05) is 6.20 Å². The quantitative estimate of drug-likeness (QED) is 0.779. The summed E-state index contributed by atoms with van der Waals surface area (Å²) in [6, 6.07) is 8.50. The summed E-state index contributed by atoms with van der Waals surface area (Å²) in [7, 11) is 0. The standard InChI is InChI=1S/C13H16N4/c1-9-4-2-3-5-11(9)12-7-16-13-15-6-10(14)8-17(12)13/h2-5,7,10H,6,8,14H2,1H3,(H,15,16). The van der Waals surface area contributed by atoms with Crippen molar-refractivity contribution in [3.05, 3.63) is 36.0 Å². The Kier molecular flexibility index (Phi) is 2.37. The van der Waals surface area contributed by atoms with Gasteiger partial charge in [-0.05, 0) is 12.5 Å². The monoisotopic (exact) mass is 228 g/mol. The molecule has 17 heavy (non-hydrogen) atoms. The predicted octanol–water partition coefficient (Wildman–Crippen LogP) is 1.61. The van der Waals surface area contributed by atoms with E-state index in [0.717, 1.165) is 24.7 Å². The summed E-state index contributed by atoms with van der Waals surface area (Å²) < 4.78 is 2.16. The van der Waals surface area contributed by atoms with Crippen molar-refractivity contribution in [1.82, 2.24) is 9.55 Å². The number of anilines is 1. The van der Waals surface area contributed by atoms with Crippen molar-refractivity contribution in [3.8, 4) is 11.3 Å². The maximum Gasteiger partial charge on any atom is 0.203 e. The van der Waals surface area contributed by atoms with Crippen LogP contribution in [-0.2, 0) is 6.54 Å². The number of nitrogens with zero attached hydrogens (tertiary/aromatic N) is 2. The first-order valence-electron chi connectivity index (χ1n) is 5.86. The van der Waals surface area contributed by atoms with Crippen LogP contribution in [-0.4, -0.2) is 22.1 Å². The van der Waals surface area contributed by atoms with E-state index in [1.54, 1.807) is 0 Å². The van der Waals surface area contributed by atoms with E-state index in [9.17, 15) is 0 Å². The molecule has 2 heterocycles. The highest BCUT2D eigenvalue weighted by Gasteiger charge is 2.19. The molecule has 4 nitrogen and oxygen atoms in total. The Labute approximate surface area is 100 Å². The van der Waals surface area contributed by atoms with E-state index in [4.69, 9.17) is 5.73 Å². The van der Waals surface area contributed by atoms with Gasteiger partial charge in [-0.3, -0.25) is 0 Å². The molecule has 4 heteroatoms. The van der Waals surface area contributed by atoms with E-state index in [-0.39, 0.29) is 6.04 Å². The van der Waals surface area contributed by atoms with E-state index >= 15 is 0 Å². The number of nitrogens with one attached hydrogen (secondary N) is 1. The number of fused-ring (bicyclic) bond motifs is 1. The van der Waals surface area contributed by atoms with Crippen LogP contribution in [0.25, 0.3) is 11.3 Å². The Hall–Kier alpha value is -1.81. The lowest BCUT2D eigenvalue weighted by Gasteiger charge is -2.23.